The summed E-state index contributed by atoms with van der Waals surface area (Å²) in [5.41, 5.74) is 3.95. The predicted octanol–water partition coefficient (Wildman–Crippen LogP) is 3.99. The highest BCUT2D eigenvalue weighted by Gasteiger charge is 2.22. The van der Waals surface area contributed by atoms with Crippen LogP contribution >= 0.6 is 0 Å². The Kier molecular flexibility index (Phi) is 6.72. The van der Waals surface area contributed by atoms with Crippen molar-refractivity contribution in [3.05, 3.63) is 47.0 Å². The number of fused-ring (bicyclic) bond motifs is 2. The molecule has 1 unspecified atom stereocenters. The number of aromatic nitrogens is 1. The van der Waals surface area contributed by atoms with Crippen LogP contribution in [0.2, 0.25) is 0 Å². The van der Waals surface area contributed by atoms with Crippen molar-refractivity contribution in [1.82, 2.24) is 4.98 Å². The van der Waals surface area contributed by atoms with E-state index in [2.05, 4.69) is 33.8 Å². The number of benzene rings is 1. The van der Waals surface area contributed by atoms with E-state index >= 15 is 0 Å². The Labute approximate surface area is 178 Å². The molecule has 1 aliphatic heterocycles. The third-order valence-corrected chi connectivity index (χ3v) is 5.84. The molecule has 6 nitrogen and oxygen atoms in total. The van der Waals surface area contributed by atoms with Gasteiger partial charge in [0.2, 0.25) is 0 Å². The van der Waals surface area contributed by atoms with Crippen LogP contribution < -0.4 is 15.4 Å². The normalized spacial score (nSPS) is 17.3. The maximum atomic E-state index is 11.7. The van der Waals surface area contributed by atoms with Gasteiger partial charge in [-0.15, -0.1) is 0 Å². The van der Waals surface area contributed by atoms with Gasteiger partial charge in [-0.3, -0.25) is 4.79 Å². The molecule has 2 N–H and O–H groups in total. The third-order valence-electron chi connectivity index (χ3n) is 5.84. The summed E-state index contributed by atoms with van der Waals surface area (Å²) in [5, 5.41) is 6.70. The van der Waals surface area contributed by atoms with Crippen molar-refractivity contribution < 1.29 is 14.3 Å². The molecule has 160 valence electrons. The van der Waals surface area contributed by atoms with Gasteiger partial charge in [-0.25, -0.2) is 4.98 Å². The fraction of sp³-hybridized carbons (Fsp3) is 0.500. The van der Waals surface area contributed by atoms with Gasteiger partial charge in [-0.05, 0) is 79.8 Å². The minimum atomic E-state index is -0.0809. The molecule has 1 aromatic carbocycles. The molecule has 1 aliphatic carbocycles. The fourth-order valence-electron chi connectivity index (χ4n) is 4.30. The van der Waals surface area contributed by atoms with E-state index in [1.807, 2.05) is 19.1 Å². The second kappa shape index (κ2) is 9.83. The van der Waals surface area contributed by atoms with Gasteiger partial charge in [-0.2, -0.15) is 0 Å². The number of nitrogens with zero attached hydrogens (tertiary/aromatic N) is 1. The maximum Gasteiger partial charge on any atom is 0.306 e. The molecule has 6 heteroatoms. The number of pyridine rings is 1. The summed E-state index contributed by atoms with van der Waals surface area (Å²) in [6.45, 7) is 4.58. The summed E-state index contributed by atoms with van der Waals surface area (Å²) in [5.74, 6) is 3.08. The number of carbonyl (C=O) groups is 1. The Hall–Kier alpha value is -2.76. The summed E-state index contributed by atoms with van der Waals surface area (Å²) in [6, 6.07) is 10.5. The standard InChI is InChI=1S/C24H31N3O3/c1-2-29-23(28)15-17-5-6-20-16-21(9-7-19(20)14-17)30-13-12-25-22-10-8-18-4-3-11-26-24(18)27-22/h7-10,16-17H,2-6,11-15H2,1H3,(H2,25,26,27). The minimum absolute atomic E-state index is 0.0809. The van der Waals surface area contributed by atoms with Gasteiger partial charge >= 0.3 is 5.97 Å². The number of anilines is 2. The molecule has 0 bridgehead atoms. The van der Waals surface area contributed by atoms with Crippen molar-refractivity contribution in [2.45, 2.75) is 45.4 Å². The number of nitrogens with one attached hydrogen (secondary N) is 2. The van der Waals surface area contributed by atoms with Crippen LogP contribution in [0.5, 0.6) is 5.75 Å². The Morgan fingerprint density at radius 3 is 3.00 bits per heavy atom. The van der Waals surface area contributed by atoms with Crippen LogP contribution in [0.1, 0.15) is 42.9 Å². The topological polar surface area (TPSA) is 72.5 Å². The molecule has 0 spiro atoms. The van der Waals surface area contributed by atoms with E-state index in [-0.39, 0.29) is 5.97 Å². The Morgan fingerprint density at radius 1 is 1.20 bits per heavy atom. The van der Waals surface area contributed by atoms with E-state index in [1.54, 1.807) is 0 Å². The van der Waals surface area contributed by atoms with Gasteiger partial charge in [0, 0.05) is 13.0 Å². The Bertz CT molecular complexity index is 884. The Balaban J connectivity index is 1.24. The molecule has 0 amide bonds. The zero-order valence-corrected chi connectivity index (χ0v) is 17.7. The monoisotopic (exact) mass is 409 g/mol. The van der Waals surface area contributed by atoms with Crippen molar-refractivity contribution in [2.75, 3.05) is 36.9 Å². The van der Waals surface area contributed by atoms with Gasteiger partial charge in [-0.1, -0.05) is 12.1 Å². The minimum Gasteiger partial charge on any atom is -0.492 e. The summed E-state index contributed by atoms with van der Waals surface area (Å²) in [6.07, 6.45) is 5.73. The van der Waals surface area contributed by atoms with Crippen LogP contribution in [-0.4, -0.2) is 37.3 Å². The van der Waals surface area contributed by atoms with Gasteiger partial charge in [0.1, 0.15) is 24.0 Å². The SMILES string of the molecule is CCOC(=O)CC1CCc2cc(OCCNc3ccc4c(n3)NCCC4)ccc2C1. The molecule has 0 fully saturated rings. The number of aryl methyl sites for hydroxylation is 2. The lowest BCUT2D eigenvalue weighted by atomic mass is 9.82. The average Bonchev–Trinajstić information content (AvgIpc) is 2.77. The van der Waals surface area contributed by atoms with Crippen molar-refractivity contribution >= 4 is 17.6 Å². The number of carbonyl (C=O) groups excluding carboxylic acids is 1. The zero-order valence-electron chi connectivity index (χ0n) is 17.7. The second-order valence-electron chi connectivity index (χ2n) is 8.06. The lowest BCUT2D eigenvalue weighted by Crippen LogP contribution is -2.19. The fourth-order valence-corrected chi connectivity index (χ4v) is 4.30. The van der Waals surface area contributed by atoms with E-state index in [9.17, 15) is 4.79 Å². The van der Waals surface area contributed by atoms with Crippen LogP contribution in [0, 0.1) is 5.92 Å². The number of hydrogen-bond acceptors (Lipinski definition) is 6. The van der Waals surface area contributed by atoms with E-state index in [4.69, 9.17) is 9.47 Å². The molecule has 0 saturated carbocycles. The van der Waals surface area contributed by atoms with Crippen molar-refractivity contribution in [2.24, 2.45) is 5.92 Å². The molecule has 2 aliphatic rings. The maximum absolute atomic E-state index is 11.7. The Morgan fingerprint density at radius 2 is 2.10 bits per heavy atom. The van der Waals surface area contributed by atoms with Gasteiger partial charge in [0.15, 0.2) is 0 Å². The van der Waals surface area contributed by atoms with E-state index < -0.39 is 0 Å². The number of hydrogen-bond donors (Lipinski definition) is 2. The van der Waals surface area contributed by atoms with Crippen LogP contribution in [0.15, 0.2) is 30.3 Å². The van der Waals surface area contributed by atoms with E-state index in [0.29, 0.717) is 32.1 Å². The highest BCUT2D eigenvalue weighted by molar-refractivity contribution is 5.69. The summed E-state index contributed by atoms with van der Waals surface area (Å²) in [4.78, 5) is 16.4. The van der Waals surface area contributed by atoms with Crippen LogP contribution in [0.4, 0.5) is 11.6 Å². The highest BCUT2D eigenvalue weighted by Crippen LogP contribution is 2.30. The van der Waals surface area contributed by atoms with Crippen LogP contribution in [0.3, 0.4) is 0 Å². The molecule has 2 heterocycles. The molecule has 30 heavy (non-hydrogen) atoms. The lowest BCUT2D eigenvalue weighted by Gasteiger charge is -2.24. The number of esters is 1. The number of rotatable bonds is 8. The molecule has 0 radical (unpaired) electrons. The largest absolute Gasteiger partial charge is 0.492 e. The lowest BCUT2D eigenvalue weighted by molar-refractivity contribution is -0.144. The first kappa shape index (κ1) is 20.5. The van der Waals surface area contributed by atoms with Crippen molar-refractivity contribution in [1.29, 1.82) is 0 Å². The summed E-state index contributed by atoms with van der Waals surface area (Å²) < 4.78 is 11.0. The quantitative estimate of drug-likeness (QED) is 0.507. The van der Waals surface area contributed by atoms with Crippen molar-refractivity contribution in [3.63, 3.8) is 0 Å². The first-order valence-corrected chi connectivity index (χ1v) is 11.1. The van der Waals surface area contributed by atoms with Gasteiger partial charge in [0.05, 0.1) is 13.2 Å². The molecule has 4 rings (SSSR count). The molecule has 1 aromatic heterocycles. The molecule has 2 aromatic rings. The molecular formula is C24H31N3O3. The van der Waals surface area contributed by atoms with Gasteiger partial charge in [0.25, 0.3) is 0 Å². The predicted molar refractivity (Wildman–Crippen MR) is 118 cm³/mol. The van der Waals surface area contributed by atoms with E-state index in [1.165, 1.54) is 23.1 Å². The van der Waals surface area contributed by atoms with Crippen LogP contribution in [-0.2, 0) is 28.8 Å². The summed E-state index contributed by atoms with van der Waals surface area (Å²) in [7, 11) is 0. The van der Waals surface area contributed by atoms with Crippen LogP contribution in [0.25, 0.3) is 0 Å². The average molecular weight is 410 g/mol. The summed E-state index contributed by atoms with van der Waals surface area (Å²) >= 11 is 0. The number of ether oxygens (including phenoxy) is 2. The molecule has 1 atom stereocenters. The zero-order chi connectivity index (χ0) is 20.8. The molecule has 0 saturated heterocycles. The van der Waals surface area contributed by atoms with E-state index in [0.717, 1.165) is 49.6 Å². The van der Waals surface area contributed by atoms with Gasteiger partial charge < -0.3 is 20.1 Å². The second-order valence-corrected chi connectivity index (χ2v) is 8.06. The highest BCUT2D eigenvalue weighted by atomic mass is 16.5. The smallest absolute Gasteiger partial charge is 0.306 e. The van der Waals surface area contributed by atoms with Crippen molar-refractivity contribution in [3.8, 4) is 5.75 Å². The first-order chi connectivity index (χ1) is 14.7. The third kappa shape index (κ3) is 5.23. The first-order valence-electron chi connectivity index (χ1n) is 11.1. The molecular weight excluding hydrogens is 378 g/mol.